The first-order chi connectivity index (χ1) is 14.5. The monoisotopic (exact) mass is 429 g/mol. The average Bonchev–Trinajstić information content (AvgIpc) is 3.46. The molecule has 12 heteroatoms. The molecule has 0 N–H and O–H groups in total. The molecule has 0 saturated heterocycles. The third-order valence-corrected chi connectivity index (χ3v) is 5.49. The lowest BCUT2D eigenvalue weighted by Gasteiger charge is -2.08. The standard InChI is InChI=1S/C18H19N7O4S/c1-11-13(25-18(26)23(2)21-22-25)10-30-14(11)9-29-16-7-8-24(20-16)12-5-6-15(27-3)19-17(12)28-4/h5-8,10H,9H2,1-4H3. The Morgan fingerprint density at radius 1 is 1.07 bits per heavy atom. The van der Waals surface area contributed by atoms with Gasteiger partial charge in [-0.3, -0.25) is 0 Å². The molecule has 156 valence electrons. The summed E-state index contributed by atoms with van der Waals surface area (Å²) in [5, 5.41) is 13.9. The zero-order valence-electron chi connectivity index (χ0n) is 16.8. The first-order valence-corrected chi connectivity index (χ1v) is 9.74. The Morgan fingerprint density at radius 2 is 1.90 bits per heavy atom. The van der Waals surface area contributed by atoms with Gasteiger partial charge in [0, 0.05) is 35.6 Å². The summed E-state index contributed by atoms with van der Waals surface area (Å²) < 4.78 is 20.4. The van der Waals surface area contributed by atoms with E-state index in [0.29, 0.717) is 35.6 Å². The van der Waals surface area contributed by atoms with E-state index in [1.807, 2.05) is 12.3 Å². The summed E-state index contributed by atoms with van der Waals surface area (Å²) in [5.74, 6) is 1.28. The molecule has 0 amide bonds. The molecule has 0 spiro atoms. The van der Waals surface area contributed by atoms with Crippen molar-refractivity contribution >= 4 is 11.3 Å². The first kappa shape index (κ1) is 19.6. The van der Waals surface area contributed by atoms with Crippen LogP contribution < -0.4 is 19.9 Å². The number of pyridine rings is 1. The van der Waals surface area contributed by atoms with E-state index in [-0.39, 0.29) is 5.69 Å². The van der Waals surface area contributed by atoms with Crippen molar-refractivity contribution in [1.29, 1.82) is 0 Å². The highest BCUT2D eigenvalue weighted by molar-refractivity contribution is 7.10. The van der Waals surface area contributed by atoms with Gasteiger partial charge in [0.2, 0.25) is 17.6 Å². The van der Waals surface area contributed by atoms with Gasteiger partial charge in [-0.15, -0.1) is 16.4 Å². The second kappa shape index (κ2) is 7.99. The van der Waals surface area contributed by atoms with E-state index in [9.17, 15) is 4.79 Å². The minimum Gasteiger partial charge on any atom is -0.481 e. The molecule has 4 heterocycles. The highest BCUT2D eigenvalue weighted by Gasteiger charge is 2.15. The van der Waals surface area contributed by atoms with Crippen LogP contribution in [0.3, 0.4) is 0 Å². The van der Waals surface area contributed by atoms with Gasteiger partial charge in [0.1, 0.15) is 12.3 Å². The van der Waals surface area contributed by atoms with Crippen molar-refractivity contribution in [2.45, 2.75) is 13.5 Å². The molecule has 11 nitrogen and oxygen atoms in total. The Hall–Kier alpha value is -3.67. The van der Waals surface area contributed by atoms with Crippen molar-refractivity contribution in [3.8, 4) is 29.0 Å². The number of hydrogen-bond acceptors (Lipinski definition) is 9. The van der Waals surface area contributed by atoms with Crippen molar-refractivity contribution in [2.24, 2.45) is 7.05 Å². The zero-order chi connectivity index (χ0) is 21.3. The summed E-state index contributed by atoms with van der Waals surface area (Å²) in [6.45, 7) is 2.22. The lowest BCUT2D eigenvalue weighted by molar-refractivity contribution is 0.294. The van der Waals surface area contributed by atoms with Crippen molar-refractivity contribution < 1.29 is 14.2 Å². The van der Waals surface area contributed by atoms with E-state index in [4.69, 9.17) is 14.2 Å². The number of nitrogens with zero attached hydrogens (tertiary/aromatic N) is 7. The summed E-state index contributed by atoms with van der Waals surface area (Å²) in [4.78, 5) is 17.3. The maximum absolute atomic E-state index is 12.1. The molecule has 0 saturated carbocycles. The largest absolute Gasteiger partial charge is 0.481 e. The van der Waals surface area contributed by atoms with Gasteiger partial charge in [-0.1, -0.05) is 0 Å². The van der Waals surface area contributed by atoms with Gasteiger partial charge in [-0.2, -0.15) is 14.3 Å². The summed E-state index contributed by atoms with van der Waals surface area (Å²) in [7, 11) is 4.63. The van der Waals surface area contributed by atoms with Crippen LogP contribution in [0, 0.1) is 6.92 Å². The lowest BCUT2D eigenvalue weighted by Crippen LogP contribution is -2.22. The normalized spacial score (nSPS) is 10.9. The predicted molar refractivity (Wildman–Crippen MR) is 108 cm³/mol. The Labute approximate surface area is 175 Å². The molecular weight excluding hydrogens is 410 g/mol. The second-order valence-electron chi connectivity index (χ2n) is 6.24. The number of rotatable bonds is 7. The molecule has 4 aromatic rings. The Balaban J connectivity index is 1.51. The van der Waals surface area contributed by atoms with Crippen LogP contribution in [0.5, 0.6) is 17.6 Å². The van der Waals surface area contributed by atoms with Crippen LogP contribution in [0.25, 0.3) is 11.4 Å². The molecule has 0 aliphatic carbocycles. The third-order valence-electron chi connectivity index (χ3n) is 4.44. The minimum atomic E-state index is -0.302. The van der Waals surface area contributed by atoms with Gasteiger partial charge in [0.25, 0.3) is 0 Å². The van der Waals surface area contributed by atoms with Gasteiger partial charge in [-0.05, 0) is 29.0 Å². The van der Waals surface area contributed by atoms with Crippen LogP contribution >= 0.6 is 11.3 Å². The zero-order valence-corrected chi connectivity index (χ0v) is 17.6. The van der Waals surface area contributed by atoms with E-state index in [1.54, 1.807) is 43.2 Å². The summed E-state index contributed by atoms with van der Waals surface area (Å²) in [6.07, 6.45) is 1.76. The summed E-state index contributed by atoms with van der Waals surface area (Å²) in [6, 6.07) is 5.28. The van der Waals surface area contributed by atoms with Crippen LogP contribution in [0.2, 0.25) is 0 Å². The van der Waals surface area contributed by atoms with E-state index >= 15 is 0 Å². The molecule has 0 aliphatic heterocycles. The number of tetrazole rings is 1. The highest BCUT2D eigenvalue weighted by atomic mass is 32.1. The van der Waals surface area contributed by atoms with Crippen LogP contribution in [-0.4, -0.2) is 48.8 Å². The van der Waals surface area contributed by atoms with E-state index in [0.717, 1.165) is 10.4 Å². The van der Waals surface area contributed by atoms with E-state index in [2.05, 4.69) is 20.5 Å². The van der Waals surface area contributed by atoms with Crippen molar-refractivity contribution in [3.63, 3.8) is 0 Å². The van der Waals surface area contributed by atoms with Crippen LogP contribution in [0.4, 0.5) is 0 Å². The quantitative estimate of drug-likeness (QED) is 0.435. The van der Waals surface area contributed by atoms with Gasteiger partial charge in [-0.25, -0.2) is 9.48 Å². The number of aryl methyl sites for hydroxylation is 1. The average molecular weight is 429 g/mol. The van der Waals surface area contributed by atoms with E-state index < -0.39 is 0 Å². The highest BCUT2D eigenvalue weighted by Crippen LogP contribution is 2.27. The first-order valence-electron chi connectivity index (χ1n) is 8.86. The molecule has 0 bridgehead atoms. The number of ether oxygens (including phenoxy) is 3. The van der Waals surface area contributed by atoms with Gasteiger partial charge in [0.05, 0.1) is 19.9 Å². The fraction of sp³-hybridized carbons (Fsp3) is 0.278. The predicted octanol–water partition coefficient (Wildman–Crippen LogP) is 1.51. The third kappa shape index (κ3) is 3.52. The SMILES string of the molecule is COc1ccc(-n2ccc(OCc3scc(-n4nnn(C)c4=O)c3C)n2)c(OC)n1. The summed E-state index contributed by atoms with van der Waals surface area (Å²) >= 11 is 1.48. The topological polar surface area (TPSA) is 111 Å². The molecule has 4 aromatic heterocycles. The van der Waals surface area contributed by atoms with Crippen LogP contribution in [0.15, 0.2) is 34.6 Å². The maximum Gasteiger partial charge on any atom is 0.368 e. The molecule has 0 unspecified atom stereocenters. The molecule has 0 fully saturated rings. The fourth-order valence-corrected chi connectivity index (χ4v) is 3.71. The Bertz CT molecular complexity index is 1240. The number of methoxy groups -OCH3 is 2. The van der Waals surface area contributed by atoms with Crippen molar-refractivity contribution in [3.05, 3.63) is 50.7 Å². The molecule has 0 radical (unpaired) electrons. The lowest BCUT2D eigenvalue weighted by atomic mass is 10.2. The van der Waals surface area contributed by atoms with Crippen molar-refractivity contribution in [1.82, 2.24) is 34.6 Å². The molecular formula is C18H19N7O4S. The number of aromatic nitrogens is 7. The summed E-state index contributed by atoms with van der Waals surface area (Å²) in [5.41, 5.74) is 1.95. The Morgan fingerprint density at radius 3 is 2.60 bits per heavy atom. The molecule has 0 atom stereocenters. The molecule has 0 aliphatic rings. The second-order valence-corrected chi connectivity index (χ2v) is 7.20. The van der Waals surface area contributed by atoms with Crippen molar-refractivity contribution in [2.75, 3.05) is 14.2 Å². The minimum absolute atomic E-state index is 0.302. The van der Waals surface area contributed by atoms with E-state index in [1.165, 1.54) is 27.8 Å². The molecule has 4 rings (SSSR count). The van der Waals surface area contributed by atoms with Crippen LogP contribution in [0.1, 0.15) is 10.4 Å². The fourth-order valence-electron chi connectivity index (χ4n) is 2.77. The van der Waals surface area contributed by atoms with Gasteiger partial charge in [0.15, 0.2) is 0 Å². The van der Waals surface area contributed by atoms with Gasteiger partial charge >= 0.3 is 5.69 Å². The van der Waals surface area contributed by atoms with Gasteiger partial charge < -0.3 is 14.2 Å². The molecule has 30 heavy (non-hydrogen) atoms. The van der Waals surface area contributed by atoms with Crippen LogP contribution in [-0.2, 0) is 13.7 Å². The molecule has 0 aromatic carbocycles. The Kier molecular flexibility index (Phi) is 5.23. The number of thiophene rings is 1. The maximum atomic E-state index is 12.1. The smallest absolute Gasteiger partial charge is 0.368 e. The number of hydrogen-bond donors (Lipinski definition) is 0.